The van der Waals surface area contributed by atoms with Crippen molar-refractivity contribution in [2.75, 3.05) is 7.11 Å². The zero-order valence-corrected chi connectivity index (χ0v) is 6.20. The van der Waals surface area contributed by atoms with E-state index in [-0.39, 0.29) is 11.4 Å². The maximum absolute atomic E-state index is 10.9. The number of ether oxygens (including phenoxy) is 1. The third kappa shape index (κ3) is 1.26. The van der Waals surface area contributed by atoms with Gasteiger partial charge in [-0.25, -0.2) is 9.78 Å². The molecule has 1 aromatic rings. The van der Waals surface area contributed by atoms with Crippen LogP contribution in [0.4, 0.5) is 0 Å². The molecule has 0 amide bonds. The van der Waals surface area contributed by atoms with Crippen molar-refractivity contribution in [3.05, 3.63) is 22.4 Å². The van der Waals surface area contributed by atoms with Crippen molar-refractivity contribution in [2.24, 2.45) is 0 Å². The highest BCUT2D eigenvalue weighted by atomic mass is 16.5. The second-order valence-electron chi connectivity index (χ2n) is 1.92. The Labute approximate surface area is 66.8 Å². The van der Waals surface area contributed by atoms with Gasteiger partial charge in [0.2, 0.25) is 5.75 Å². The number of nitrogens with zero attached hydrogens (tertiary/aromatic N) is 1. The average Bonchev–Trinajstić information content (AvgIpc) is 2.03. The summed E-state index contributed by atoms with van der Waals surface area (Å²) in [6.45, 7) is 0. The fraction of sp³-hybridized carbons (Fsp3) is 0.167. The third-order valence-corrected chi connectivity index (χ3v) is 1.22. The predicted octanol–water partition coefficient (Wildman–Crippen LogP) is -0.523. The smallest absolute Gasteiger partial charge is 0.358 e. The van der Waals surface area contributed by atoms with Crippen LogP contribution in [0.5, 0.6) is 5.75 Å². The molecule has 1 rings (SSSR count). The van der Waals surface area contributed by atoms with E-state index in [1.54, 1.807) is 0 Å². The minimum absolute atomic E-state index is 0.287. The van der Waals surface area contributed by atoms with E-state index < -0.39 is 11.5 Å². The standard InChI is InChI=1S/C6H6N2O4/c1-12-4-3(6(10)11)7-2-8-5(4)9/h2H,1H3,(H,10,11)(H,7,8,9). The summed E-state index contributed by atoms with van der Waals surface area (Å²) in [5, 5.41) is 8.53. The molecule has 6 nitrogen and oxygen atoms in total. The molecule has 0 unspecified atom stereocenters. The summed E-state index contributed by atoms with van der Waals surface area (Å²) in [5.41, 5.74) is -0.994. The number of rotatable bonds is 2. The fourth-order valence-electron chi connectivity index (χ4n) is 0.729. The molecule has 0 aliphatic carbocycles. The molecule has 0 fully saturated rings. The third-order valence-electron chi connectivity index (χ3n) is 1.22. The summed E-state index contributed by atoms with van der Waals surface area (Å²) < 4.78 is 4.55. The van der Waals surface area contributed by atoms with Crippen LogP contribution in [0.25, 0.3) is 0 Å². The minimum atomic E-state index is -1.29. The van der Waals surface area contributed by atoms with Crippen molar-refractivity contribution in [1.29, 1.82) is 0 Å². The molecule has 0 saturated carbocycles. The van der Waals surface area contributed by atoms with Gasteiger partial charge in [0.15, 0.2) is 5.69 Å². The second kappa shape index (κ2) is 3.04. The molecule has 64 valence electrons. The quantitative estimate of drug-likeness (QED) is 0.622. The molecular weight excluding hydrogens is 164 g/mol. The number of aromatic nitrogens is 2. The Kier molecular flexibility index (Phi) is 2.09. The molecule has 1 heterocycles. The number of carboxylic acids is 1. The van der Waals surface area contributed by atoms with Crippen LogP contribution in [-0.2, 0) is 0 Å². The Morgan fingerprint density at radius 3 is 2.83 bits per heavy atom. The summed E-state index contributed by atoms with van der Waals surface area (Å²) in [4.78, 5) is 27.0. The molecule has 0 saturated heterocycles. The van der Waals surface area contributed by atoms with Crippen LogP contribution in [0.1, 0.15) is 10.5 Å². The van der Waals surface area contributed by atoms with Gasteiger partial charge in [0.25, 0.3) is 5.56 Å². The maximum atomic E-state index is 10.9. The van der Waals surface area contributed by atoms with Crippen LogP contribution < -0.4 is 10.3 Å². The minimum Gasteiger partial charge on any atom is -0.489 e. The Morgan fingerprint density at radius 1 is 1.75 bits per heavy atom. The average molecular weight is 170 g/mol. The van der Waals surface area contributed by atoms with Gasteiger partial charge in [-0.05, 0) is 0 Å². The van der Waals surface area contributed by atoms with Crippen molar-refractivity contribution >= 4 is 5.97 Å². The van der Waals surface area contributed by atoms with Gasteiger partial charge in [-0.2, -0.15) is 0 Å². The van der Waals surface area contributed by atoms with Gasteiger partial charge in [0.05, 0.1) is 13.4 Å². The molecule has 0 bridgehead atoms. The van der Waals surface area contributed by atoms with E-state index in [0.717, 1.165) is 6.33 Å². The largest absolute Gasteiger partial charge is 0.489 e. The highest BCUT2D eigenvalue weighted by molar-refractivity contribution is 5.88. The molecule has 2 N–H and O–H groups in total. The normalized spacial score (nSPS) is 9.42. The zero-order chi connectivity index (χ0) is 9.14. The van der Waals surface area contributed by atoms with Crippen LogP contribution in [0, 0.1) is 0 Å². The van der Waals surface area contributed by atoms with E-state index in [0.29, 0.717) is 0 Å². The van der Waals surface area contributed by atoms with E-state index in [1.807, 2.05) is 0 Å². The lowest BCUT2D eigenvalue weighted by molar-refractivity contribution is 0.0686. The molecule has 6 heteroatoms. The van der Waals surface area contributed by atoms with Crippen LogP contribution in [0.3, 0.4) is 0 Å². The van der Waals surface area contributed by atoms with Crippen LogP contribution in [0.2, 0.25) is 0 Å². The lowest BCUT2D eigenvalue weighted by Crippen LogP contribution is -2.15. The number of aromatic carboxylic acids is 1. The summed E-state index contributed by atoms with van der Waals surface area (Å²) in [6, 6.07) is 0. The summed E-state index contributed by atoms with van der Waals surface area (Å²) in [7, 11) is 1.21. The predicted molar refractivity (Wildman–Crippen MR) is 38.4 cm³/mol. The first-order valence-corrected chi connectivity index (χ1v) is 3.01. The Balaban J connectivity index is 3.38. The molecular formula is C6H6N2O4. The van der Waals surface area contributed by atoms with E-state index in [9.17, 15) is 9.59 Å². The Morgan fingerprint density at radius 2 is 2.42 bits per heavy atom. The van der Waals surface area contributed by atoms with Crippen molar-refractivity contribution < 1.29 is 14.6 Å². The van der Waals surface area contributed by atoms with Gasteiger partial charge in [0.1, 0.15) is 0 Å². The monoisotopic (exact) mass is 170 g/mol. The van der Waals surface area contributed by atoms with Gasteiger partial charge in [-0.15, -0.1) is 0 Å². The lowest BCUT2D eigenvalue weighted by atomic mass is 10.4. The van der Waals surface area contributed by atoms with Crippen molar-refractivity contribution in [2.45, 2.75) is 0 Å². The van der Waals surface area contributed by atoms with Crippen molar-refractivity contribution in [3.63, 3.8) is 0 Å². The van der Waals surface area contributed by atoms with Gasteiger partial charge in [-0.1, -0.05) is 0 Å². The number of H-pyrrole nitrogens is 1. The number of hydrogen-bond donors (Lipinski definition) is 2. The highest BCUT2D eigenvalue weighted by Crippen LogP contribution is 2.06. The number of carboxylic acid groups (broad SMARTS) is 1. The SMILES string of the molecule is COc1c(C(=O)O)nc[nH]c1=O. The molecule has 0 aromatic carbocycles. The molecule has 1 aromatic heterocycles. The van der Waals surface area contributed by atoms with Gasteiger partial charge in [-0.3, -0.25) is 4.79 Å². The van der Waals surface area contributed by atoms with Crippen molar-refractivity contribution in [1.82, 2.24) is 9.97 Å². The van der Waals surface area contributed by atoms with E-state index in [4.69, 9.17) is 5.11 Å². The molecule has 0 spiro atoms. The Bertz CT molecular complexity index is 357. The van der Waals surface area contributed by atoms with E-state index in [2.05, 4.69) is 14.7 Å². The topological polar surface area (TPSA) is 92.3 Å². The summed E-state index contributed by atoms with van der Waals surface area (Å²) in [6.07, 6.45) is 1.01. The molecule has 0 aliphatic heterocycles. The number of carbonyl (C=O) groups is 1. The van der Waals surface area contributed by atoms with Gasteiger partial charge < -0.3 is 14.8 Å². The van der Waals surface area contributed by atoms with Crippen LogP contribution >= 0.6 is 0 Å². The molecule has 0 aliphatic rings. The summed E-state index contributed by atoms with van der Waals surface area (Å²) >= 11 is 0. The number of aromatic amines is 1. The Hall–Kier alpha value is -1.85. The van der Waals surface area contributed by atoms with Gasteiger partial charge >= 0.3 is 5.97 Å². The first-order valence-electron chi connectivity index (χ1n) is 3.01. The van der Waals surface area contributed by atoms with Crippen LogP contribution in [-0.4, -0.2) is 28.2 Å². The summed E-state index contributed by atoms with van der Waals surface area (Å²) in [5.74, 6) is -1.58. The molecule has 12 heavy (non-hydrogen) atoms. The lowest BCUT2D eigenvalue weighted by Gasteiger charge is -1.99. The maximum Gasteiger partial charge on any atom is 0.358 e. The fourth-order valence-corrected chi connectivity index (χ4v) is 0.729. The highest BCUT2D eigenvalue weighted by Gasteiger charge is 2.14. The van der Waals surface area contributed by atoms with Crippen molar-refractivity contribution in [3.8, 4) is 5.75 Å². The van der Waals surface area contributed by atoms with Gasteiger partial charge in [0, 0.05) is 0 Å². The number of hydrogen-bond acceptors (Lipinski definition) is 4. The van der Waals surface area contributed by atoms with E-state index in [1.165, 1.54) is 7.11 Å². The molecule has 0 atom stereocenters. The first kappa shape index (κ1) is 8.25. The van der Waals surface area contributed by atoms with Crippen LogP contribution in [0.15, 0.2) is 11.1 Å². The van der Waals surface area contributed by atoms with E-state index >= 15 is 0 Å². The molecule has 0 radical (unpaired) electrons. The second-order valence-corrected chi connectivity index (χ2v) is 1.92. The first-order chi connectivity index (χ1) is 5.66. The zero-order valence-electron chi connectivity index (χ0n) is 6.20. The number of nitrogens with one attached hydrogen (secondary N) is 1. The number of methoxy groups -OCH3 is 1.